The lowest BCUT2D eigenvalue weighted by Gasteiger charge is -1.79. The van der Waals surface area contributed by atoms with Crippen molar-refractivity contribution in [1.29, 1.82) is 0 Å². The minimum Gasteiger partial charge on any atom is -0.396 e. The summed E-state index contributed by atoms with van der Waals surface area (Å²) in [6.45, 7) is 0.298. The lowest BCUT2D eigenvalue weighted by atomic mass is 10.3. The summed E-state index contributed by atoms with van der Waals surface area (Å²) in [6.07, 6.45) is 1.08. The highest BCUT2D eigenvalue weighted by Gasteiger charge is 2.34. The minimum absolute atomic E-state index is 0.298. The molecule has 0 amide bonds. The molecule has 1 saturated carbocycles. The summed E-state index contributed by atoms with van der Waals surface area (Å²) in [7, 11) is 0. The molecule has 0 aromatic carbocycles. The van der Waals surface area contributed by atoms with Crippen LogP contribution in [-0.4, -0.2) is 11.7 Å². The van der Waals surface area contributed by atoms with Crippen LogP contribution in [0, 0.1) is 22.6 Å². The van der Waals surface area contributed by atoms with Gasteiger partial charge < -0.3 is 5.11 Å². The van der Waals surface area contributed by atoms with Crippen LogP contribution in [0.4, 0.5) is 0 Å². The van der Waals surface area contributed by atoms with Gasteiger partial charge in [-0.2, -0.15) is 0 Å². The van der Waals surface area contributed by atoms with Gasteiger partial charge in [0.1, 0.15) is 0 Å². The molecule has 0 aromatic rings. The molecular formula is C6H7BrO. The molecule has 2 atom stereocenters. The van der Waals surface area contributed by atoms with Gasteiger partial charge in [0.15, 0.2) is 0 Å². The summed E-state index contributed by atoms with van der Waals surface area (Å²) < 4.78 is 0. The Balaban J connectivity index is 2.23. The molecule has 2 heteroatoms. The summed E-state index contributed by atoms with van der Waals surface area (Å²) in [6, 6.07) is 0. The van der Waals surface area contributed by atoms with Crippen molar-refractivity contribution >= 4 is 15.9 Å². The molecule has 0 heterocycles. The molecule has 0 radical (unpaired) electrons. The van der Waals surface area contributed by atoms with Crippen LogP contribution in [0.1, 0.15) is 6.42 Å². The van der Waals surface area contributed by atoms with Crippen LogP contribution in [0.15, 0.2) is 0 Å². The van der Waals surface area contributed by atoms with Crippen molar-refractivity contribution in [2.75, 3.05) is 6.61 Å². The maximum absolute atomic E-state index is 8.52. The van der Waals surface area contributed by atoms with Crippen molar-refractivity contribution in [3.8, 4) is 10.8 Å². The average Bonchev–Trinajstić information content (AvgIpc) is 2.48. The second-order valence-corrected chi connectivity index (χ2v) is 2.42. The maximum atomic E-state index is 8.52. The molecule has 0 bridgehead atoms. The third kappa shape index (κ3) is 1.24. The Morgan fingerprint density at radius 2 is 2.50 bits per heavy atom. The van der Waals surface area contributed by atoms with E-state index >= 15 is 0 Å². The molecule has 0 spiro atoms. The van der Waals surface area contributed by atoms with E-state index in [2.05, 4.69) is 26.7 Å². The Labute approximate surface area is 57.2 Å². The molecule has 8 heavy (non-hydrogen) atoms. The second-order valence-electron chi connectivity index (χ2n) is 2.02. The van der Waals surface area contributed by atoms with Gasteiger partial charge in [-0.1, -0.05) is 5.92 Å². The number of halogens is 1. The van der Waals surface area contributed by atoms with Crippen LogP contribution >= 0.6 is 15.9 Å². The van der Waals surface area contributed by atoms with Gasteiger partial charge in [-0.05, 0) is 17.2 Å². The maximum Gasteiger partial charge on any atom is 0.0471 e. The van der Waals surface area contributed by atoms with Crippen LogP contribution < -0.4 is 0 Å². The number of aliphatic hydroxyl groups is 1. The van der Waals surface area contributed by atoms with Crippen LogP contribution in [0.25, 0.3) is 0 Å². The Bertz CT molecular complexity index is 133. The fourth-order valence-corrected chi connectivity index (χ4v) is 0.990. The largest absolute Gasteiger partial charge is 0.396 e. The van der Waals surface area contributed by atoms with E-state index in [1.54, 1.807) is 0 Å². The second kappa shape index (κ2) is 2.52. The van der Waals surface area contributed by atoms with Gasteiger partial charge in [0.2, 0.25) is 0 Å². The Hall–Kier alpha value is 0. The first kappa shape index (κ1) is 6.12. The number of rotatable bonds is 1. The number of aliphatic hydroxyl groups excluding tert-OH is 1. The fourth-order valence-electron chi connectivity index (χ4n) is 0.696. The van der Waals surface area contributed by atoms with Gasteiger partial charge in [-0.3, -0.25) is 0 Å². The monoisotopic (exact) mass is 174 g/mol. The van der Waals surface area contributed by atoms with Gasteiger partial charge in [-0.15, -0.1) is 0 Å². The topological polar surface area (TPSA) is 20.2 Å². The smallest absolute Gasteiger partial charge is 0.0471 e. The van der Waals surface area contributed by atoms with Crippen LogP contribution in [-0.2, 0) is 0 Å². The Kier molecular flexibility index (Phi) is 1.93. The van der Waals surface area contributed by atoms with Crippen molar-refractivity contribution in [3.05, 3.63) is 0 Å². The van der Waals surface area contributed by atoms with Crippen molar-refractivity contribution in [2.45, 2.75) is 6.42 Å². The summed E-state index contributed by atoms with van der Waals surface area (Å²) in [5, 5.41) is 8.52. The van der Waals surface area contributed by atoms with Crippen molar-refractivity contribution < 1.29 is 5.11 Å². The summed E-state index contributed by atoms with van der Waals surface area (Å²) in [4.78, 5) is 2.65. The van der Waals surface area contributed by atoms with E-state index in [4.69, 9.17) is 5.11 Å². The van der Waals surface area contributed by atoms with Gasteiger partial charge in [-0.25, -0.2) is 0 Å². The molecule has 1 rings (SSSR count). The molecule has 0 unspecified atom stereocenters. The zero-order chi connectivity index (χ0) is 5.98. The van der Waals surface area contributed by atoms with E-state index in [-0.39, 0.29) is 0 Å². The Morgan fingerprint density at radius 1 is 1.75 bits per heavy atom. The van der Waals surface area contributed by atoms with Crippen molar-refractivity contribution in [2.24, 2.45) is 11.8 Å². The minimum atomic E-state index is 0.298. The quantitative estimate of drug-likeness (QED) is 0.588. The van der Waals surface area contributed by atoms with Gasteiger partial charge >= 0.3 is 0 Å². The molecule has 1 nitrogen and oxygen atoms in total. The number of hydrogen-bond donors (Lipinski definition) is 1. The average molecular weight is 175 g/mol. The molecule has 1 fully saturated rings. The zero-order valence-corrected chi connectivity index (χ0v) is 5.98. The molecule has 0 saturated heterocycles. The van der Waals surface area contributed by atoms with Crippen molar-refractivity contribution in [1.82, 2.24) is 0 Å². The van der Waals surface area contributed by atoms with Gasteiger partial charge in [0.25, 0.3) is 0 Å². The molecule has 1 N–H and O–H groups in total. The highest BCUT2D eigenvalue weighted by molar-refractivity contribution is 9.12. The van der Waals surface area contributed by atoms with Crippen molar-refractivity contribution in [3.63, 3.8) is 0 Å². The van der Waals surface area contributed by atoms with Gasteiger partial charge in [0, 0.05) is 28.5 Å². The van der Waals surface area contributed by atoms with E-state index in [0.717, 1.165) is 6.42 Å². The summed E-state index contributed by atoms with van der Waals surface area (Å²) in [5.41, 5.74) is 0. The fraction of sp³-hybridized carbons (Fsp3) is 0.667. The van der Waals surface area contributed by atoms with E-state index < -0.39 is 0 Å². The number of hydrogen-bond acceptors (Lipinski definition) is 1. The SMILES string of the molecule is OC[C@@H]1C[C@H]1C#CBr. The lowest BCUT2D eigenvalue weighted by Crippen LogP contribution is -1.84. The van der Waals surface area contributed by atoms with E-state index in [1.165, 1.54) is 0 Å². The molecule has 44 valence electrons. The van der Waals surface area contributed by atoms with Crippen LogP contribution in [0.5, 0.6) is 0 Å². The first-order valence-electron chi connectivity index (χ1n) is 2.60. The molecule has 0 aliphatic heterocycles. The first-order valence-corrected chi connectivity index (χ1v) is 3.39. The van der Waals surface area contributed by atoms with Crippen LogP contribution in [0.3, 0.4) is 0 Å². The van der Waals surface area contributed by atoms with E-state index in [1.807, 2.05) is 0 Å². The summed E-state index contributed by atoms with van der Waals surface area (Å²) >= 11 is 3.00. The molecule has 1 aliphatic carbocycles. The summed E-state index contributed by atoms with van der Waals surface area (Å²) in [5.74, 6) is 3.87. The van der Waals surface area contributed by atoms with Gasteiger partial charge in [0.05, 0.1) is 0 Å². The highest BCUT2D eigenvalue weighted by atomic mass is 79.9. The molecular weight excluding hydrogens is 168 g/mol. The lowest BCUT2D eigenvalue weighted by molar-refractivity contribution is 0.273. The molecule has 0 aromatic heterocycles. The van der Waals surface area contributed by atoms with E-state index in [0.29, 0.717) is 18.4 Å². The predicted octanol–water partition coefficient (Wildman–Crippen LogP) is 0.971. The normalized spacial score (nSPS) is 33.2. The predicted molar refractivity (Wildman–Crippen MR) is 35.4 cm³/mol. The van der Waals surface area contributed by atoms with Crippen LogP contribution in [0.2, 0.25) is 0 Å². The standard InChI is InChI=1S/C6H7BrO/c7-2-1-5-3-6(5)4-8/h5-6,8H,3-4H2/t5-,6+/m1/s1. The molecule has 1 aliphatic rings. The third-order valence-electron chi connectivity index (χ3n) is 1.40. The zero-order valence-electron chi connectivity index (χ0n) is 4.39. The first-order chi connectivity index (χ1) is 3.88. The van der Waals surface area contributed by atoms with E-state index in [9.17, 15) is 0 Å². The highest BCUT2D eigenvalue weighted by Crippen LogP contribution is 2.36. The Morgan fingerprint density at radius 3 is 2.88 bits per heavy atom. The third-order valence-corrected chi connectivity index (χ3v) is 1.63.